The molecule has 6 heteroatoms. The Labute approximate surface area is 117 Å². The Morgan fingerprint density at radius 2 is 1.20 bits per heavy atom. The molecule has 110 valence electrons. The van der Waals surface area contributed by atoms with E-state index in [0.29, 0.717) is 24.4 Å². The van der Waals surface area contributed by atoms with Gasteiger partial charge in [-0.3, -0.25) is 0 Å². The third kappa shape index (κ3) is 2.37. The first kappa shape index (κ1) is 14.4. The topological polar surface area (TPSA) is 71.1 Å². The van der Waals surface area contributed by atoms with E-state index in [4.69, 9.17) is 18.9 Å². The molecule has 2 heterocycles. The molecule has 0 saturated carbocycles. The average molecular weight is 282 g/mol. The van der Waals surface area contributed by atoms with Crippen molar-refractivity contribution in [2.45, 2.75) is 51.7 Å². The Morgan fingerprint density at radius 3 is 1.50 bits per heavy atom. The molecule has 2 rings (SSSR count). The Balaban J connectivity index is 2.29. The lowest BCUT2D eigenvalue weighted by molar-refractivity contribution is 0.0732. The van der Waals surface area contributed by atoms with Crippen molar-refractivity contribution in [1.82, 2.24) is 0 Å². The van der Waals surface area contributed by atoms with Crippen LogP contribution in [0.25, 0.3) is 0 Å². The Kier molecular flexibility index (Phi) is 3.50. The van der Waals surface area contributed by atoms with Gasteiger partial charge in [0.1, 0.15) is 0 Å². The molecule has 2 saturated heterocycles. The molecule has 20 heavy (non-hydrogen) atoms. The number of carbonyl (C=O) groups is 2. The molecular weight excluding hydrogens is 264 g/mol. The smallest absolute Gasteiger partial charge is 0.419 e. The van der Waals surface area contributed by atoms with Gasteiger partial charge >= 0.3 is 12.3 Å². The molecule has 0 amide bonds. The third-order valence-corrected chi connectivity index (χ3v) is 3.78. The summed E-state index contributed by atoms with van der Waals surface area (Å²) in [4.78, 5) is 22.5. The van der Waals surface area contributed by atoms with Crippen LogP contribution in [0.5, 0.6) is 0 Å². The molecule has 0 radical (unpaired) electrons. The van der Waals surface area contributed by atoms with E-state index in [9.17, 15) is 9.59 Å². The van der Waals surface area contributed by atoms with Crippen molar-refractivity contribution in [1.29, 1.82) is 0 Å². The minimum Gasteiger partial charge on any atom is -0.419 e. The van der Waals surface area contributed by atoms with Crippen LogP contribution >= 0.6 is 0 Å². The number of rotatable bonds is 3. The Bertz CT molecular complexity index is 460. The molecule has 0 aromatic carbocycles. The average Bonchev–Trinajstić information content (AvgIpc) is 2.84. The Hall–Kier alpha value is -1.98. The number of cyclic esters (lactones) is 4. The molecule has 0 spiro atoms. The van der Waals surface area contributed by atoms with E-state index in [0.717, 1.165) is 0 Å². The lowest BCUT2D eigenvalue weighted by atomic mass is 9.98. The van der Waals surface area contributed by atoms with Crippen LogP contribution in [0.4, 0.5) is 9.59 Å². The van der Waals surface area contributed by atoms with Gasteiger partial charge in [-0.2, -0.15) is 0 Å². The lowest BCUT2D eigenvalue weighted by Crippen LogP contribution is -2.25. The molecule has 6 nitrogen and oxygen atoms in total. The number of hydrogen-bond acceptors (Lipinski definition) is 6. The summed E-state index contributed by atoms with van der Waals surface area (Å²) in [7, 11) is 0. The molecule has 0 aliphatic carbocycles. The first-order valence-corrected chi connectivity index (χ1v) is 6.57. The van der Waals surface area contributed by atoms with Gasteiger partial charge in [0.25, 0.3) is 0 Å². The number of hydrogen-bond donors (Lipinski definition) is 0. The van der Waals surface area contributed by atoms with Gasteiger partial charge in [0.2, 0.25) is 0 Å². The van der Waals surface area contributed by atoms with Crippen LogP contribution in [0.1, 0.15) is 40.5 Å². The van der Waals surface area contributed by atoms with Gasteiger partial charge in [-0.15, -0.1) is 0 Å². The molecular formula is C14H18O6. The molecule has 2 unspecified atom stereocenters. The zero-order chi connectivity index (χ0) is 15.0. The van der Waals surface area contributed by atoms with E-state index in [1.54, 1.807) is 26.0 Å². The van der Waals surface area contributed by atoms with Crippen molar-refractivity contribution in [2.75, 3.05) is 0 Å². The molecule has 2 aliphatic heterocycles. The van der Waals surface area contributed by atoms with Crippen LogP contribution in [0.15, 0.2) is 23.7 Å². The summed E-state index contributed by atoms with van der Waals surface area (Å²) >= 11 is 0. The number of ether oxygens (including phenoxy) is 4. The minimum absolute atomic E-state index is 0.388. The highest BCUT2D eigenvalue weighted by Crippen LogP contribution is 2.36. The largest absolute Gasteiger partial charge is 0.514 e. The summed E-state index contributed by atoms with van der Waals surface area (Å²) in [6.07, 6.45) is 2.87. The second-order valence-corrected chi connectivity index (χ2v) is 5.14. The van der Waals surface area contributed by atoms with E-state index >= 15 is 0 Å². The maximum absolute atomic E-state index is 11.2. The van der Waals surface area contributed by atoms with Gasteiger partial charge in [0.05, 0.1) is 0 Å². The minimum atomic E-state index is -0.791. The second-order valence-electron chi connectivity index (χ2n) is 5.14. The summed E-state index contributed by atoms with van der Waals surface area (Å²) < 4.78 is 20.3. The summed E-state index contributed by atoms with van der Waals surface area (Å²) in [6.45, 7) is 7.30. The van der Waals surface area contributed by atoms with E-state index in [1.165, 1.54) is 0 Å². The normalized spacial score (nSPS) is 36.8. The predicted molar refractivity (Wildman–Crippen MR) is 68.7 cm³/mol. The fourth-order valence-corrected chi connectivity index (χ4v) is 1.97. The maximum Gasteiger partial charge on any atom is 0.514 e. The number of allylic oxidation sites excluding steroid dienone is 2. The third-order valence-electron chi connectivity index (χ3n) is 3.78. The fourth-order valence-electron chi connectivity index (χ4n) is 1.97. The standard InChI is InChI=1S/C14H18O6/c1-5-13(3)9(17-11(15)19-13)7-8-10-14(4,6-2)20-12(16)18-10/h7-8H,5-6H2,1-4H3/b9-7+,10-8+. The molecule has 0 bridgehead atoms. The van der Waals surface area contributed by atoms with Crippen LogP contribution in [-0.2, 0) is 18.9 Å². The zero-order valence-electron chi connectivity index (χ0n) is 12.0. The summed E-state index contributed by atoms with van der Waals surface area (Å²) in [5, 5.41) is 0. The molecule has 2 aliphatic rings. The summed E-state index contributed by atoms with van der Waals surface area (Å²) in [6, 6.07) is 0. The highest BCUT2D eigenvalue weighted by Gasteiger charge is 2.44. The van der Waals surface area contributed by atoms with Gasteiger partial charge in [0.15, 0.2) is 22.7 Å². The summed E-state index contributed by atoms with van der Waals surface area (Å²) in [5.41, 5.74) is -1.58. The Morgan fingerprint density at radius 1 is 0.850 bits per heavy atom. The molecule has 2 atom stereocenters. The van der Waals surface area contributed by atoms with Crippen LogP contribution in [0, 0.1) is 0 Å². The molecule has 0 N–H and O–H groups in total. The second kappa shape index (κ2) is 4.85. The van der Waals surface area contributed by atoms with Crippen molar-refractivity contribution in [2.24, 2.45) is 0 Å². The quantitative estimate of drug-likeness (QED) is 0.738. The van der Waals surface area contributed by atoms with Crippen molar-refractivity contribution in [3.05, 3.63) is 23.7 Å². The first-order valence-electron chi connectivity index (χ1n) is 6.57. The van der Waals surface area contributed by atoms with E-state index in [2.05, 4.69) is 0 Å². The highest BCUT2D eigenvalue weighted by molar-refractivity contribution is 5.67. The molecule has 0 aromatic heterocycles. The van der Waals surface area contributed by atoms with Gasteiger partial charge < -0.3 is 18.9 Å². The van der Waals surface area contributed by atoms with Gasteiger partial charge in [-0.1, -0.05) is 13.8 Å². The lowest BCUT2D eigenvalue weighted by Gasteiger charge is -2.19. The van der Waals surface area contributed by atoms with Crippen molar-refractivity contribution < 1.29 is 28.5 Å². The maximum atomic E-state index is 11.2. The van der Waals surface area contributed by atoms with Crippen molar-refractivity contribution >= 4 is 12.3 Å². The highest BCUT2D eigenvalue weighted by atomic mass is 16.8. The fraction of sp³-hybridized carbons (Fsp3) is 0.571. The zero-order valence-corrected chi connectivity index (χ0v) is 12.0. The monoisotopic (exact) mass is 282 g/mol. The van der Waals surface area contributed by atoms with Gasteiger partial charge in [-0.25, -0.2) is 9.59 Å². The van der Waals surface area contributed by atoms with Crippen LogP contribution in [0.2, 0.25) is 0 Å². The summed E-state index contributed by atoms with van der Waals surface area (Å²) in [5.74, 6) is 0.776. The predicted octanol–water partition coefficient (Wildman–Crippen LogP) is 3.43. The van der Waals surface area contributed by atoms with Crippen molar-refractivity contribution in [3.63, 3.8) is 0 Å². The first-order chi connectivity index (χ1) is 9.33. The van der Waals surface area contributed by atoms with E-state index in [-0.39, 0.29) is 0 Å². The van der Waals surface area contributed by atoms with Crippen molar-refractivity contribution in [3.8, 4) is 0 Å². The SMILES string of the molecule is CCC1(C)OC(=O)O/C1=C/C=C1/OC(=O)OC1(C)CC. The molecule has 0 aromatic rings. The van der Waals surface area contributed by atoms with Gasteiger partial charge in [0, 0.05) is 0 Å². The molecule has 2 fully saturated rings. The van der Waals surface area contributed by atoms with E-state index < -0.39 is 23.5 Å². The van der Waals surface area contributed by atoms with Crippen LogP contribution in [-0.4, -0.2) is 23.5 Å². The van der Waals surface area contributed by atoms with Crippen LogP contribution < -0.4 is 0 Å². The van der Waals surface area contributed by atoms with Crippen LogP contribution in [0.3, 0.4) is 0 Å². The van der Waals surface area contributed by atoms with Gasteiger partial charge in [-0.05, 0) is 38.8 Å². The number of carbonyl (C=O) groups excluding carboxylic acids is 2. The van der Waals surface area contributed by atoms with E-state index in [1.807, 2.05) is 13.8 Å².